The van der Waals surface area contributed by atoms with Crippen LogP contribution in [0, 0.1) is 6.92 Å². The van der Waals surface area contributed by atoms with Crippen LogP contribution in [0.4, 0.5) is 0 Å². The molecule has 0 radical (unpaired) electrons. The molecule has 0 saturated heterocycles. The third-order valence-electron chi connectivity index (χ3n) is 4.30. The predicted molar refractivity (Wildman–Crippen MR) is 116 cm³/mol. The lowest BCUT2D eigenvalue weighted by Crippen LogP contribution is -2.17. The summed E-state index contributed by atoms with van der Waals surface area (Å²) in [7, 11) is 0. The van der Waals surface area contributed by atoms with E-state index in [1.165, 1.54) is 22.5 Å². The zero-order valence-electron chi connectivity index (χ0n) is 16.8. The van der Waals surface area contributed by atoms with Gasteiger partial charge in [-0.1, -0.05) is 42.0 Å². The molecule has 1 amide bonds. The maximum absolute atomic E-state index is 12.3. The first-order valence-electron chi connectivity index (χ1n) is 9.77. The Balaban J connectivity index is 1.53. The minimum atomic E-state index is -0.133. The maximum atomic E-state index is 12.3. The second kappa shape index (κ2) is 10.6. The van der Waals surface area contributed by atoms with Crippen molar-refractivity contribution in [3.63, 3.8) is 0 Å². The molecule has 0 spiro atoms. The smallest absolute Gasteiger partial charge is 0.248 e. The van der Waals surface area contributed by atoms with Crippen molar-refractivity contribution in [3.05, 3.63) is 76.0 Å². The molecule has 0 N–H and O–H groups in total. The molecule has 1 heterocycles. The highest BCUT2D eigenvalue weighted by molar-refractivity contribution is 7.07. The number of amides is 1. The number of aryl methyl sites for hydroxylation is 1. The van der Waals surface area contributed by atoms with Crippen LogP contribution < -0.4 is 14.3 Å². The SMILES string of the molecule is CCOc1ccccc1OCCCC(=O)N=c1sccn1Cc1ccc(C)cc1. The second-order valence-corrected chi connectivity index (χ2v) is 7.51. The lowest BCUT2D eigenvalue weighted by atomic mass is 10.1. The van der Waals surface area contributed by atoms with Crippen LogP contribution in [0.2, 0.25) is 0 Å². The quantitative estimate of drug-likeness (QED) is 0.485. The Hall–Kier alpha value is -2.86. The largest absolute Gasteiger partial charge is 0.490 e. The van der Waals surface area contributed by atoms with Crippen LogP contribution in [-0.4, -0.2) is 23.7 Å². The average Bonchev–Trinajstić information content (AvgIpc) is 3.15. The van der Waals surface area contributed by atoms with E-state index in [9.17, 15) is 4.79 Å². The zero-order chi connectivity index (χ0) is 20.5. The number of rotatable bonds is 9. The average molecular weight is 411 g/mol. The standard InChI is InChI=1S/C23H26N2O3S/c1-3-27-20-7-4-5-8-21(20)28-15-6-9-22(26)24-23-25(14-16-29-23)17-19-12-10-18(2)11-13-19/h4-5,7-8,10-14,16H,3,6,9,15,17H2,1-2H3. The van der Waals surface area contributed by atoms with E-state index in [0.717, 1.165) is 10.6 Å². The highest BCUT2D eigenvalue weighted by Gasteiger charge is 2.06. The first-order chi connectivity index (χ1) is 14.2. The van der Waals surface area contributed by atoms with Crippen LogP contribution in [0.15, 0.2) is 65.1 Å². The minimum Gasteiger partial charge on any atom is -0.490 e. The molecule has 3 aromatic rings. The summed E-state index contributed by atoms with van der Waals surface area (Å²) in [5.74, 6) is 1.29. The summed E-state index contributed by atoms with van der Waals surface area (Å²) < 4.78 is 13.3. The summed E-state index contributed by atoms with van der Waals surface area (Å²) in [6.07, 6.45) is 2.91. The Bertz CT molecular complexity index is 990. The normalized spacial score (nSPS) is 11.4. The number of hydrogen-bond donors (Lipinski definition) is 0. The molecule has 0 unspecified atom stereocenters. The van der Waals surface area contributed by atoms with Gasteiger partial charge in [-0.25, -0.2) is 0 Å². The van der Waals surface area contributed by atoms with E-state index in [1.807, 2.05) is 47.3 Å². The summed E-state index contributed by atoms with van der Waals surface area (Å²) in [5, 5.41) is 1.95. The number of nitrogens with zero attached hydrogens (tertiary/aromatic N) is 2. The van der Waals surface area contributed by atoms with Gasteiger partial charge in [0.15, 0.2) is 16.3 Å². The van der Waals surface area contributed by atoms with Crippen molar-refractivity contribution in [1.82, 2.24) is 4.57 Å². The van der Waals surface area contributed by atoms with Crippen LogP contribution in [0.3, 0.4) is 0 Å². The van der Waals surface area contributed by atoms with E-state index < -0.39 is 0 Å². The van der Waals surface area contributed by atoms with Crippen LogP contribution in [-0.2, 0) is 11.3 Å². The first-order valence-corrected chi connectivity index (χ1v) is 10.7. The van der Waals surface area contributed by atoms with Gasteiger partial charge in [0, 0.05) is 24.5 Å². The predicted octanol–water partition coefficient (Wildman–Crippen LogP) is 4.59. The van der Waals surface area contributed by atoms with Gasteiger partial charge in [0.2, 0.25) is 5.91 Å². The molecule has 0 aliphatic carbocycles. The van der Waals surface area contributed by atoms with E-state index in [0.29, 0.717) is 38.3 Å². The fourth-order valence-electron chi connectivity index (χ4n) is 2.81. The van der Waals surface area contributed by atoms with E-state index in [2.05, 4.69) is 36.2 Å². The number of aromatic nitrogens is 1. The minimum absolute atomic E-state index is 0.133. The number of hydrogen-bond acceptors (Lipinski definition) is 4. The van der Waals surface area contributed by atoms with Crippen molar-refractivity contribution in [2.45, 2.75) is 33.2 Å². The summed E-state index contributed by atoms with van der Waals surface area (Å²) >= 11 is 1.47. The highest BCUT2D eigenvalue weighted by Crippen LogP contribution is 2.26. The number of carbonyl (C=O) groups excluding carboxylic acids is 1. The van der Waals surface area contributed by atoms with E-state index >= 15 is 0 Å². The number of thiazole rings is 1. The third kappa shape index (κ3) is 6.32. The molecule has 152 valence electrons. The van der Waals surface area contributed by atoms with Crippen LogP contribution >= 0.6 is 11.3 Å². The van der Waals surface area contributed by atoms with Gasteiger partial charge in [0.25, 0.3) is 0 Å². The molecule has 3 rings (SSSR count). The second-order valence-electron chi connectivity index (χ2n) is 6.64. The Kier molecular flexibility index (Phi) is 7.64. The summed E-state index contributed by atoms with van der Waals surface area (Å²) in [6.45, 7) is 5.74. The van der Waals surface area contributed by atoms with Crippen molar-refractivity contribution in [3.8, 4) is 11.5 Å². The van der Waals surface area contributed by atoms with Gasteiger partial charge >= 0.3 is 0 Å². The van der Waals surface area contributed by atoms with Crippen LogP contribution in [0.1, 0.15) is 30.9 Å². The Morgan fingerprint density at radius 2 is 1.79 bits per heavy atom. The molecule has 6 heteroatoms. The number of carbonyl (C=O) groups is 1. The van der Waals surface area contributed by atoms with Crippen molar-refractivity contribution < 1.29 is 14.3 Å². The molecule has 2 aromatic carbocycles. The van der Waals surface area contributed by atoms with Gasteiger partial charge in [-0.3, -0.25) is 4.79 Å². The van der Waals surface area contributed by atoms with Gasteiger partial charge in [-0.05, 0) is 38.0 Å². The molecule has 0 saturated carbocycles. The number of para-hydroxylation sites is 2. The third-order valence-corrected chi connectivity index (χ3v) is 5.09. The Labute approximate surface area is 175 Å². The number of benzene rings is 2. The zero-order valence-corrected chi connectivity index (χ0v) is 17.7. The molecule has 29 heavy (non-hydrogen) atoms. The van der Waals surface area contributed by atoms with Crippen LogP contribution in [0.25, 0.3) is 0 Å². The van der Waals surface area contributed by atoms with Crippen molar-refractivity contribution >= 4 is 17.2 Å². The molecule has 0 atom stereocenters. The number of ether oxygens (including phenoxy) is 2. The molecule has 0 bridgehead atoms. The molecule has 5 nitrogen and oxygen atoms in total. The lowest BCUT2D eigenvalue weighted by molar-refractivity contribution is -0.118. The summed E-state index contributed by atoms with van der Waals surface area (Å²) in [4.78, 5) is 17.3. The molecular weight excluding hydrogens is 384 g/mol. The Morgan fingerprint density at radius 1 is 1.07 bits per heavy atom. The maximum Gasteiger partial charge on any atom is 0.248 e. The van der Waals surface area contributed by atoms with E-state index in [1.54, 1.807) is 0 Å². The highest BCUT2D eigenvalue weighted by atomic mass is 32.1. The first kappa shape index (κ1) is 20.9. The summed E-state index contributed by atoms with van der Waals surface area (Å²) in [6, 6.07) is 15.9. The molecule has 0 aliphatic rings. The van der Waals surface area contributed by atoms with Gasteiger partial charge in [0.05, 0.1) is 13.2 Å². The van der Waals surface area contributed by atoms with Crippen molar-refractivity contribution in [1.29, 1.82) is 0 Å². The molecule has 0 fully saturated rings. The van der Waals surface area contributed by atoms with Crippen LogP contribution in [0.5, 0.6) is 11.5 Å². The van der Waals surface area contributed by atoms with Gasteiger partial charge in [0.1, 0.15) is 0 Å². The fourth-order valence-corrected chi connectivity index (χ4v) is 3.55. The van der Waals surface area contributed by atoms with E-state index in [4.69, 9.17) is 9.47 Å². The van der Waals surface area contributed by atoms with Gasteiger partial charge in [-0.2, -0.15) is 4.99 Å². The van der Waals surface area contributed by atoms with E-state index in [-0.39, 0.29) is 5.91 Å². The van der Waals surface area contributed by atoms with Crippen molar-refractivity contribution in [2.24, 2.45) is 4.99 Å². The fraction of sp³-hybridized carbons (Fsp3) is 0.304. The van der Waals surface area contributed by atoms with Gasteiger partial charge < -0.3 is 14.0 Å². The molecule has 0 aliphatic heterocycles. The molecular formula is C23H26N2O3S. The Morgan fingerprint density at radius 3 is 2.52 bits per heavy atom. The monoisotopic (exact) mass is 410 g/mol. The van der Waals surface area contributed by atoms with Gasteiger partial charge in [-0.15, -0.1) is 11.3 Å². The lowest BCUT2D eigenvalue weighted by Gasteiger charge is -2.10. The summed E-state index contributed by atoms with van der Waals surface area (Å²) in [5.41, 5.74) is 2.42. The van der Waals surface area contributed by atoms with Crippen molar-refractivity contribution in [2.75, 3.05) is 13.2 Å². The molecule has 1 aromatic heterocycles. The topological polar surface area (TPSA) is 52.8 Å².